The molecule has 1 atom stereocenters. The minimum absolute atomic E-state index is 0.540. The largest absolute Gasteiger partial charge is 0.423 e. The summed E-state index contributed by atoms with van der Waals surface area (Å²) in [5.41, 5.74) is 1.78. The predicted molar refractivity (Wildman–Crippen MR) is 88.4 cm³/mol. The Bertz CT molecular complexity index is 788. The molecule has 1 aliphatic heterocycles. The maximum absolute atomic E-state index is 5.91. The first kappa shape index (κ1) is 14.2. The Labute approximate surface area is 135 Å². The molecule has 1 aliphatic rings. The van der Waals surface area contributed by atoms with Crippen molar-refractivity contribution in [3.05, 3.63) is 35.9 Å². The van der Waals surface area contributed by atoms with Crippen molar-refractivity contribution in [3.63, 3.8) is 0 Å². The highest BCUT2D eigenvalue weighted by atomic mass is 16.4. The van der Waals surface area contributed by atoms with Crippen LogP contribution < -0.4 is 4.90 Å². The van der Waals surface area contributed by atoms with E-state index in [-0.39, 0.29) is 0 Å². The number of rotatable bonds is 3. The minimum atomic E-state index is 0.540. The van der Waals surface area contributed by atoms with Crippen LogP contribution in [0.1, 0.15) is 24.5 Å². The smallest absolute Gasteiger partial charge is 0.298 e. The number of hydrogen-bond acceptors (Lipinski definition) is 5. The molecule has 6 heteroatoms. The van der Waals surface area contributed by atoms with Crippen LogP contribution in [-0.4, -0.2) is 32.8 Å². The quantitative estimate of drug-likeness (QED) is 0.744. The Morgan fingerprint density at radius 1 is 1.22 bits per heavy atom. The average Bonchev–Trinajstić information content (AvgIpc) is 3.11. The Morgan fingerprint density at radius 2 is 2.09 bits per heavy atom. The monoisotopic (exact) mass is 311 g/mol. The van der Waals surface area contributed by atoms with Crippen molar-refractivity contribution in [3.8, 4) is 0 Å². The molecule has 0 amide bonds. The lowest BCUT2D eigenvalue weighted by Gasteiger charge is -2.31. The van der Waals surface area contributed by atoms with Crippen molar-refractivity contribution < 1.29 is 4.42 Å². The zero-order chi connectivity index (χ0) is 15.8. The van der Waals surface area contributed by atoms with Gasteiger partial charge in [0.2, 0.25) is 0 Å². The summed E-state index contributed by atoms with van der Waals surface area (Å²) in [6, 6.07) is 8.66. The number of piperidine rings is 1. The molecule has 0 N–H and O–H groups in total. The Morgan fingerprint density at radius 3 is 2.87 bits per heavy atom. The standard InChI is InChI=1S/C17H21N5O/c1-12-18-13(2)22(20-12)11-14-6-5-9-21(10-14)17-19-15-7-3-4-8-16(15)23-17/h3-4,7-8,14H,5-6,9-11H2,1-2H3/t14-/m0/s1. The van der Waals surface area contributed by atoms with Gasteiger partial charge in [-0.05, 0) is 44.7 Å². The first-order valence-electron chi connectivity index (χ1n) is 8.17. The van der Waals surface area contributed by atoms with E-state index in [1.54, 1.807) is 0 Å². The van der Waals surface area contributed by atoms with E-state index < -0.39 is 0 Å². The van der Waals surface area contributed by atoms with Crippen LogP contribution in [0.25, 0.3) is 11.1 Å². The SMILES string of the molecule is Cc1nc(C)n(C[C@H]2CCCN(c3nc4ccccc4o3)C2)n1. The number of aryl methyl sites for hydroxylation is 2. The van der Waals surface area contributed by atoms with Gasteiger partial charge in [0.15, 0.2) is 5.58 Å². The van der Waals surface area contributed by atoms with Gasteiger partial charge in [-0.25, -0.2) is 9.67 Å². The predicted octanol–water partition coefficient (Wildman–Crippen LogP) is 2.95. The van der Waals surface area contributed by atoms with Gasteiger partial charge in [0.25, 0.3) is 6.01 Å². The van der Waals surface area contributed by atoms with E-state index >= 15 is 0 Å². The molecule has 2 aromatic heterocycles. The van der Waals surface area contributed by atoms with E-state index in [1.165, 1.54) is 6.42 Å². The highest BCUT2D eigenvalue weighted by molar-refractivity contribution is 5.74. The minimum Gasteiger partial charge on any atom is -0.423 e. The van der Waals surface area contributed by atoms with Gasteiger partial charge < -0.3 is 9.32 Å². The van der Waals surface area contributed by atoms with Crippen LogP contribution >= 0.6 is 0 Å². The normalized spacial score (nSPS) is 18.7. The molecule has 1 saturated heterocycles. The number of benzene rings is 1. The highest BCUT2D eigenvalue weighted by Gasteiger charge is 2.24. The molecule has 23 heavy (non-hydrogen) atoms. The highest BCUT2D eigenvalue weighted by Crippen LogP contribution is 2.27. The average molecular weight is 311 g/mol. The van der Waals surface area contributed by atoms with Crippen LogP contribution in [0.2, 0.25) is 0 Å². The number of anilines is 1. The zero-order valence-electron chi connectivity index (χ0n) is 13.6. The van der Waals surface area contributed by atoms with E-state index in [4.69, 9.17) is 4.42 Å². The van der Waals surface area contributed by atoms with Crippen LogP contribution in [0, 0.1) is 19.8 Å². The summed E-state index contributed by atoms with van der Waals surface area (Å²) < 4.78 is 7.94. The number of hydrogen-bond donors (Lipinski definition) is 0. The summed E-state index contributed by atoms with van der Waals surface area (Å²) in [4.78, 5) is 11.3. The summed E-state index contributed by atoms with van der Waals surface area (Å²) >= 11 is 0. The molecule has 0 radical (unpaired) electrons. The van der Waals surface area contributed by atoms with Gasteiger partial charge in [-0.3, -0.25) is 0 Å². The summed E-state index contributed by atoms with van der Waals surface area (Å²) in [5, 5.41) is 4.48. The molecular weight excluding hydrogens is 290 g/mol. The molecule has 3 aromatic rings. The van der Waals surface area contributed by atoms with Gasteiger partial charge in [0.1, 0.15) is 17.2 Å². The van der Waals surface area contributed by atoms with Crippen molar-refractivity contribution in [1.82, 2.24) is 19.7 Å². The van der Waals surface area contributed by atoms with Crippen molar-refractivity contribution in [1.29, 1.82) is 0 Å². The van der Waals surface area contributed by atoms with Crippen molar-refractivity contribution in [2.75, 3.05) is 18.0 Å². The van der Waals surface area contributed by atoms with Crippen LogP contribution in [0.3, 0.4) is 0 Å². The molecule has 120 valence electrons. The Hall–Kier alpha value is -2.37. The zero-order valence-corrected chi connectivity index (χ0v) is 13.6. The van der Waals surface area contributed by atoms with Crippen LogP contribution in [-0.2, 0) is 6.54 Å². The molecule has 0 unspecified atom stereocenters. The van der Waals surface area contributed by atoms with Gasteiger partial charge in [-0.15, -0.1) is 0 Å². The second-order valence-corrected chi connectivity index (χ2v) is 6.31. The lowest BCUT2D eigenvalue weighted by molar-refractivity contribution is 0.338. The van der Waals surface area contributed by atoms with Crippen LogP contribution in [0.4, 0.5) is 6.01 Å². The van der Waals surface area contributed by atoms with Gasteiger partial charge in [0, 0.05) is 19.6 Å². The maximum atomic E-state index is 5.91. The molecule has 1 aromatic carbocycles. The first-order valence-corrected chi connectivity index (χ1v) is 8.17. The molecule has 0 aliphatic carbocycles. The molecule has 4 rings (SSSR count). The lowest BCUT2D eigenvalue weighted by atomic mass is 9.98. The number of nitrogens with zero attached hydrogens (tertiary/aromatic N) is 5. The fraction of sp³-hybridized carbons (Fsp3) is 0.471. The summed E-state index contributed by atoms with van der Waals surface area (Å²) in [5.74, 6) is 2.37. The number of oxazole rings is 1. The lowest BCUT2D eigenvalue weighted by Crippen LogP contribution is -2.37. The third-order valence-electron chi connectivity index (χ3n) is 4.47. The molecule has 0 spiro atoms. The van der Waals surface area contributed by atoms with Gasteiger partial charge in [-0.2, -0.15) is 10.1 Å². The topological polar surface area (TPSA) is 60.0 Å². The fourth-order valence-electron chi connectivity index (χ4n) is 3.36. The third kappa shape index (κ3) is 2.81. The maximum Gasteiger partial charge on any atom is 0.298 e. The fourth-order valence-corrected chi connectivity index (χ4v) is 3.36. The second-order valence-electron chi connectivity index (χ2n) is 6.31. The van der Waals surface area contributed by atoms with E-state index in [0.29, 0.717) is 5.92 Å². The van der Waals surface area contributed by atoms with E-state index in [9.17, 15) is 0 Å². The van der Waals surface area contributed by atoms with E-state index in [1.807, 2.05) is 42.8 Å². The Balaban J connectivity index is 1.51. The number of aromatic nitrogens is 4. The summed E-state index contributed by atoms with van der Waals surface area (Å²) in [7, 11) is 0. The summed E-state index contributed by atoms with van der Waals surface area (Å²) in [6.07, 6.45) is 2.35. The first-order chi connectivity index (χ1) is 11.2. The van der Waals surface area contributed by atoms with Crippen LogP contribution in [0.5, 0.6) is 0 Å². The molecule has 1 fully saturated rings. The molecule has 0 saturated carbocycles. The molecular formula is C17H21N5O. The molecule has 6 nitrogen and oxygen atoms in total. The van der Waals surface area contributed by atoms with Crippen molar-refractivity contribution in [2.45, 2.75) is 33.2 Å². The number of fused-ring (bicyclic) bond motifs is 1. The van der Waals surface area contributed by atoms with Gasteiger partial charge >= 0.3 is 0 Å². The van der Waals surface area contributed by atoms with Gasteiger partial charge in [0.05, 0.1) is 0 Å². The van der Waals surface area contributed by atoms with Gasteiger partial charge in [-0.1, -0.05) is 12.1 Å². The summed E-state index contributed by atoms with van der Waals surface area (Å²) in [6.45, 7) is 6.81. The molecule has 3 heterocycles. The number of para-hydroxylation sites is 2. The van der Waals surface area contributed by atoms with Crippen molar-refractivity contribution >= 4 is 17.1 Å². The third-order valence-corrected chi connectivity index (χ3v) is 4.47. The molecule has 0 bridgehead atoms. The second kappa shape index (κ2) is 5.68. The van der Waals surface area contributed by atoms with Crippen molar-refractivity contribution in [2.24, 2.45) is 5.92 Å². The Kier molecular flexibility index (Phi) is 3.52. The van der Waals surface area contributed by atoms with E-state index in [0.717, 1.165) is 54.8 Å². The van der Waals surface area contributed by atoms with Crippen LogP contribution in [0.15, 0.2) is 28.7 Å². The van der Waals surface area contributed by atoms with E-state index in [2.05, 4.69) is 20.0 Å².